The van der Waals surface area contributed by atoms with Gasteiger partial charge in [-0.1, -0.05) is 17.3 Å². The molecule has 0 bridgehead atoms. The highest BCUT2D eigenvalue weighted by atomic mass is 19.1. The predicted molar refractivity (Wildman–Crippen MR) is 85.6 cm³/mol. The van der Waals surface area contributed by atoms with E-state index in [0.29, 0.717) is 28.8 Å². The Morgan fingerprint density at radius 1 is 1.21 bits per heavy atom. The van der Waals surface area contributed by atoms with E-state index in [4.69, 9.17) is 8.94 Å². The van der Waals surface area contributed by atoms with Crippen LogP contribution in [0.15, 0.2) is 45.3 Å². The molecule has 0 saturated carbocycles. The number of furan rings is 1. The van der Waals surface area contributed by atoms with Crippen molar-refractivity contribution in [1.82, 2.24) is 20.4 Å². The molecule has 3 heterocycles. The van der Waals surface area contributed by atoms with Crippen LogP contribution in [0.5, 0.6) is 0 Å². The van der Waals surface area contributed by atoms with Crippen LogP contribution in [0.2, 0.25) is 0 Å². The molecule has 6 nitrogen and oxygen atoms in total. The van der Waals surface area contributed by atoms with E-state index < -0.39 is 0 Å². The third kappa shape index (κ3) is 2.72. The maximum Gasteiger partial charge on any atom is 0.293 e. The summed E-state index contributed by atoms with van der Waals surface area (Å²) in [4.78, 5) is 6.62. The lowest BCUT2D eigenvalue weighted by Crippen LogP contribution is -2.44. The topological polar surface area (TPSA) is 67.3 Å². The lowest BCUT2D eigenvalue weighted by molar-refractivity contribution is 0.190. The average Bonchev–Trinajstić information content (AvgIpc) is 3.25. The minimum Gasteiger partial charge on any atom is -0.451 e. The molecule has 0 spiro atoms. The molecule has 0 aliphatic carbocycles. The Morgan fingerprint density at radius 3 is 2.88 bits per heavy atom. The Labute approximate surface area is 138 Å². The minimum absolute atomic E-state index is 0.0669. The van der Waals surface area contributed by atoms with Crippen molar-refractivity contribution in [3.63, 3.8) is 0 Å². The Kier molecular flexibility index (Phi) is 3.87. The minimum atomic E-state index is -0.334. The van der Waals surface area contributed by atoms with E-state index in [9.17, 15) is 4.39 Å². The summed E-state index contributed by atoms with van der Waals surface area (Å²) in [6.07, 6.45) is 0. The summed E-state index contributed by atoms with van der Waals surface area (Å²) in [5, 5.41) is 7.38. The van der Waals surface area contributed by atoms with Gasteiger partial charge in [-0.3, -0.25) is 4.90 Å². The summed E-state index contributed by atoms with van der Waals surface area (Å²) in [5.74, 6) is 1.44. The van der Waals surface area contributed by atoms with Crippen LogP contribution >= 0.6 is 0 Å². The smallest absolute Gasteiger partial charge is 0.293 e. The fraction of sp³-hybridized carbons (Fsp3) is 0.294. The van der Waals surface area contributed by atoms with Gasteiger partial charge in [-0.05, 0) is 31.3 Å². The number of aromatic nitrogens is 2. The molecule has 1 aliphatic rings. The lowest BCUT2D eigenvalue weighted by atomic mass is 10.1. The summed E-state index contributed by atoms with van der Waals surface area (Å²) >= 11 is 0. The van der Waals surface area contributed by atoms with Crippen LogP contribution in [0.1, 0.15) is 11.9 Å². The van der Waals surface area contributed by atoms with Crippen LogP contribution in [-0.2, 0) is 0 Å². The zero-order valence-electron chi connectivity index (χ0n) is 13.2. The van der Waals surface area contributed by atoms with Crippen molar-refractivity contribution in [1.29, 1.82) is 0 Å². The van der Waals surface area contributed by atoms with Gasteiger partial charge in [0.1, 0.15) is 11.6 Å². The van der Waals surface area contributed by atoms with Gasteiger partial charge >= 0.3 is 0 Å². The van der Waals surface area contributed by atoms with Gasteiger partial charge in [0.2, 0.25) is 0 Å². The van der Waals surface area contributed by atoms with Crippen LogP contribution in [-0.4, -0.2) is 41.7 Å². The van der Waals surface area contributed by atoms with Crippen molar-refractivity contribution in [3.8, 4) is 23.0 Å². The molecule has 3 aromatic rings. The molecule has 7 heteroatoms. The third-order valence-corrected chi connectivity index (χ3v) is 4.21. The molecule has 24 heavy (non-hydrogen) atoms. The van der Waals surface area contributed by atoms with E-state index in [1.807, 2.05) is 7.05 Å². The highest BCUT2D eigenvalue weighted by Gasteiger charge is 2.26. The maximum atomic E-state index is 13.9. The Bertz CT molecular complexity index is 844. The van der Waals surface area contributed by atoms with Gasteiger partial charge in [-0.15, -0.1) is 0 Å². The van der Waals surface area contributed by atoms with Crippen molar-refractivity contribution < 1.29 is 13.3 Å². The standard InChI is InChI=1S/C17H17FN4O2/c1-22-9-8-19-10-13(22)16-20-17(24-21-16)15-7-6-14(23-15)11-4-2-3-5-12(11)18/h2-7,13,19H,8-10H2,1H3. The summed E-state index contributed by atoms with van der Waals surface area (Å²) in [6, 6.07) is 9.94. The first-order valence-electron chi connectivity index (χ1n) is 7.82. The van der Waals surface area contributed by atoms with E-state index in [1.54, 1.807) is 30.3 Å². The molecule has 0 amide bonds. The first kappa shape index (κ1) is 15.0. The second kappa shape index (κ2) is 6.18. The normalized spacial score (nSPS) is 18.8. The number of likely N-dealkylation sites (N-methyl/N-ethyl adjacent to an activating group) is 1. The number of piperazine rings is 1. The Balaban J connectivity index is 1.60. The van der Waals surface area contributed by atoms with Gasteiger partial charge in [-0.25, -0.2) is 4.39 Å². The van der Waals surface area contributed by atoms with E-state index in [0.717, 1.165) is 19.6 Å². The van der Waals surface area contributed by atoms with Gasteiger partial charge in [0.05, 0.1) is 11.6 Å². The summed E-state index contributed by atoms with van der Waals surface area (Å²) in [7, 11) is 2.03. The molecular weight excluding hydrogens is 311 g/mol. The van der Waals surface area contributed by atoms with Crippen molar-refractivity contribution in [2.24, 2.45) is 0 Å². The van der Waals surface area contributed by atoms with Crippen molar-refractivity contribution in [2.45, 2.75) is 6.04 Å². The van der Waals surface area contributed by atoms with Crippen LogP contribution in [0.4, 0.5) is 4.39 Å². The number of hydrogen-bond acceptors (Lipinski definition) is 6. The first-order chi connectivity index (χ1) is 11.7. The van der Waals surface area contributed by atoms with Crippen LogP contribution < -0.4 is 5.32 Å². The molecule has 124 valence electrons. The molecule has 4 rings (SSSR count). The highest BCUT2D eigenvalue weighted by molar-refractivity contribution is 5.61. The molecule has 2 aromatic heterocycles. The highest BCUT2D eigenvalue weighted by Crippen LogP contribution is 2.30. The van der Waals surface area contributed by atoms with Crippen LogP contribution in [0, 0.1) is 5.82 Å². The number of hydrogen-bond donors (Lipinski definition) is 1. The summed E-state index contributed by atoms with van der Waals surface area (Å²) < 4.78 is 24.9. The molecule has 1 aromatic carbocycles. The van der Waals surface area contributed by atoms with Gasteiger partial charge in [0, 0.05) is 19.6 Å². The van der Waals surface area contributed by atoms with Crippen LogP contribution in [0.25, 0.3) is 23.0 Å². The largest absolute Gasteiger partial charge is 0.451 e. The number of halogens is 1. The van der Waals surface area contributed by atoms with Crippen molar-refractivity contribution in [2.75, 3.05) is 26.7 Å². The Hall–Kier alpha value is -2.51. The fourth-order valence-electron chi connectivity index (χ4n) is 2.82. The zero-order chi connectivity index (χ0) is 16.5. The monoisotopic (exact) mass is 328 g/mol. The van der Waals surface area contributed by atoms with E-state index >= 15 is 0 Å². The third-order valence-electron chi connectivity index (χ3n) is 4.21. The molecule has 0 radical (unpaired) electrons. The summed E-state index contributed by atoms with van der Waals surface area (Å²) in [6.45, 7) is 2.64. The SMILES string of the molecule is CN1CCNCC1c1noc(-c2ccc(-c3ccccc3F)o2)n1. The van der Waals surface area contributed by atoms with Crippen LogP contribution in [0.3, 0.4) is 0 Å². The van der Waals surface area contributed by atoms with Crippen molar-refractivity contribution >= 4 is 0 Å². The number of rotatable bonds is 3. The first-order valence-corrected chi connectivity index (χ1v) is 7.82. The molecule has 1 unspecified atom stereocenters. The van der Waals surface area contributed by atoms with Gasteiger partial charge in [-0.2, -0.15) is 4.98 Å². The number of nitrogens with one attached hydrogen (secondary N) is 1. The maximum absolute atomic E-state index is 13.9. The second-order valence-electron chi connectivity index (χ2n) is 5.80. The molecule has 1 aliphatic heterocycles. The Morgan fingerprint density at radius 2 is 2.04 bits per heavy atom. The fourth-order valence-corrected chi connectivity index (χ4v) is 2.82. The molecule has 1 atom stereocenters. The average molecular weight is 328 g/mol. The lowest BCUT2D eigenvalue weighted by Gasteiger charge is -2.30. The van der Waals surface area contributed by atoms with E-state index in [1.165, 1.54) is 6.07 Å². The van der Waals surface area contributed by atoms with E-state index in [-0.39, 0.29) is 11.9 Å². The van der Waals surface area contributed by atoms with Gasteiger partial charge < -0.3 is 14.3 Å². The molecule has 1 fully saturated rings. The quantitative estimate of drug-likeness (QED) is 0.797. The molecule has 1 saturated heterocycles. The molecule has 1 N–H and O–H groups in total. The number of benzene rings is 1. The number of nitrogens with zero attached hydrogens (tertiary/aromatic N) is 3. The predicted octanol–water partition coefficient (Wildman–Crippen LogP) is 2.71. The van der Waals surface area contributed by atoms with Gasteiger partial charge in [0.25, 0.3) is 5.89 Å². The summed E-state index contributed by atoms with van der Waals surface area (Å²) in [5.41, 5.74) is 0.403. The van der Waals surface area contributed by atoms with Crippen molar-refractivity contribution in [3.05, 3.63) is 48.0 Å². The second-order valence-corrected chi connectivity index (χ2v) is 5.80. The molecular formula is C17H17FN4O2. The zero-order valence-corrected chi connectivity index (χ0v) is 13.2. The van der Waals surface area contributed by atoms with E-state index in [2.05, 4.69) is 20.4 Å². The van der Waals surface area contributed by atoms with Gasteiger partial charge in [0.15, 0.2) is 11.6 Å².